The first kappa shape index (κ1) is 15.0. The molecular formula is C17H19FN2O. The number of carbonyl (C=O) groups excluding carboxylic acids is 1. The molecule has 2 N–H and O–H groups in total. The van der Waals surface area contributed by atoms with Gasteiger partial charge in [-0.25, -0.2) is 4.39 Å². The Balaban J connectivity index is 2.04. The summed E-state index contributed by atoms with van der Waals surface area (Å²) in [7, 11) is 0. The zero-order valence-electron chi connectivity index (χ0n) is 12.2. The summed E-state index contributed by atoms with van der Waals surface area (Å²) in [6.07, 6.45) is 0. The highest BCUT2D eigenvalue weighted by Gasteiger charge is 2.06. The van der Waals surface area contributed by atoms with Gasteiger partial charge in [-0.05, 0) is 55.3 Å². The SMILES string of the molecule is CCNC(=O)c1ccc(NCc2ccc(F)cc2)c(C)c1. The van der Waals surface area contributed by atoms with Gasteiger partial charge in [0, 0.05) is 24.3 Å². The maximum atomic E-state index is 12.8. The number of hydrogen-bond acceptors (Lipinski definition) is 2. The van der Waals surface area contributed by atoms with Crippen molar-refractivity contribution in [3.05, 3.63) is 65.0 Å². The van der Waals surface area contributed by atoms with Gasteiger partial charge in [-0.15, -0.1) is 0 Å². The summed E-state index contributed by atoms with van der Waals surface area (Å²) in [5, 5.41) is 6.07. The number of halogens is 1. The standard InChI is InChI=1S/C17H19FN2O/c1-3-19-17(21)14-6-9-16(12(2)10-14)20-11-13-4-7-15(18)8-5-13/h4-10,20H,3,11H2,1-2H3,(H,19,21). The predicted molar refractivity (Wildman–Crippen MR) is 82.9 cm³/mol. The monoisotopic (exact) mass is 286 g/mol. The molecule has 2 aromatic rings. The first-order valence-electron chi connectivity index (χ1n) is 6.97. The summed E-state index contributed by atoms with van der Waals surface area (Å²) in [5.74, 6) is -0.299. The fourth-order valence-electron chi connectivity index (χ4n) is 2.07. The van der Waals surface area contributed by atoms with Crippen LogP contribution in [-0.4, -0.2) is 12.5 Å². The maximum Gasteiger partial charge on any atom is 0.251 e. The van der Waals surface area contributed by atoms with Crippen molar-refractivity contribution in [3.8, 4) is 0 Å². The van der Waals surface area contributed by atoms with E-state index in [2.05, 4.69) is 10.6 Å². The number of carbonyl (C=O) groups is 1. The van der Waals surface area contributed by atoms with Gasteiger partial charge in [0.1, 0.15) is 5.82 Å². The molecule has 2 aromatic carbocycles. The predicted octanol–water partition coefficient (Wildman–Crippen LogP) is 3.50. The third-order valence-corrected chi connectivity index (χ3v) is 3.22. The van der Waals surface area contributed by atoms with Crippen molar-refractivity contribution in [1.82, 2.24) is 5.32 Å². The summed E-state index contributed by atoms with van der Waals surface area (Å²) in [6.45, 7) is 5.07. The smallest absolute Gasteiger partial charge is 0.251 e. The van der Waals surface area contributed by atoms with Gasteiger partial charge < -0.3 is 10.6 Å². The minimum Gasteiger partial charge on any atom is -0.381 e. The fraction of sp³-hybridized carbons (Fsp3) is 0.235. The molecule has 0 radical (unpaired) electrons. The first-order valence-corrected chi connectivity index (χ1v) is 6.97. The van der Waals surface area contributed by atoms with Crippen molar-refractivity contribution in [1.29, 1.82) is 0 Å². The summed E-state index contributed by atoms with van der Waals surface area (Å²) in [4.78, 5) is 11.8. The third-order valence-electron chi connectivity index (χ3n) is 3.22. The number of benzene rings is 2. The maximum absolute atomic E-state index is 12.8. The van der Waals surface area contributed by atoms with E-state index < -0.39 is 0 Å². The normalized spacial score (nSPS) is 10.2. The van der Waals surface area contributed by atoms with E-state index in [4.69, 9.17) is 0 Å². The van der Waals surface area contributed by atoms with E-state index in [1.807, 2.05) is 26.0 Å². The van der Waals surface area contributed by atoms with Gasteiger partial charge in [0.2, 0.25) is 0 Å². The minimum absolute atomic E-state index is 0.0642. The van der Waals surface area contributed by atoms with Crippen LogP contribution >= 0.6 is 0 Å². The van der Waals surface area contributed by atoms with Gasteiger partial charge in [-0.1, -0.05) is 12.1 Å². The van der Waals surface area contributed by atoms with E-state index >= 15 is 0 Å². The zero-order chi connectivity index (χ0) is 15.2. The molecule has 3 nitrogen and oxygen atoms in total. The average molecular weight is 286 g/mol. The Morgan fingerprint density at radius 3 is 2.48 bits per heavy atom. The molecule has 0 spiro atoms. The van der Waals surface area contributed by atoms with Gasteiger partial charge in [0.15, 0.2) is 0 Å². The Hall–Kier alpha value is -2.36. The van der Waals surface area contributed by atoms with E-state index in [-0.39, 0.29) is 11.7 Å². The Bertz CT molecular complexity index is 623. The Morgan fingerprint density at radius 1 is 1.14 bits per heavy atom. The van der Waals surface area contributed by atoms with Gasteiger partial charge in [-0.3, -0.25) is 4.79 Å². The highest BCUT2D eigenvalue weighted by Crippen LogP contribution is 2.17. The number of anilines is 1. The molecule has 0 unspecified atom stereocenters. The van der Waals surface area contributed by atoms with E-state index in [9.17, 15) is 9.18 Å². The van der Waals surface area contributed by atoms with Crippen LogP contribution < -0.4 is 10.6 Å². The van der Waals surface area contributed by atoms with E-state index in [1.54, 1.807) is 18.2 Å². The molecule has 0 saturated carbocycles. The van der Waals surface area contributed by atoms with Gasteiger partial charge in [-0.2, -0.15) is 0 Å². The van der Waals surface area contributed by atoms with Crippen LogP contribution in [-0.2, 0) is 6.54 Å². The van der Waals surface area contributed by atoms with Crippen LogP contribution in [0.4, 0.5) is 10.1 Å². The molecule has 4 heteroatoms. The van der Waals surface area contributed by atoms with Crippen molar-refractivity contribution in [2.75, 3.05) is 11.9 Å². The largest absolute Gasteiger partial charge is 0.381 e. The van der Waals surface area contributed by atoms with Crippen molar-refractivity contribution >= 4 is 11.6 Å². The lowest BCUT2D eigenvalue weighted by molar-refractivity contribution is 0.0956. The molecule has 0 aliphatic carbocycles. The second kappa shape index (κ2) is 6.88. The zero-order valence-corrected chi connectivity index (χ0v) is 12.2. The lowest BCUT2D eigenvalue weighted by atomic mass is 10.1. The van der Waals surface area contributed by atoms with Crippen molar-refractivity contribution in [2.24, 2.45) is 0 Å². The van der Waals surface area contributed by atoms with Crippen LogP contribution in [0.3, 0.4) is 0 Å². The molecule has 0 saturated heterocycles. The number of hydrogen-bond donors (Lipinski definition) is 2. The molecule has 0 fully saturated rings. The van der Waals surface area contributed by atoms with Crippen LogP contribution in [0.15, 0.2) is 42.5 Å². The number of rotatable bonds is 5. The lowest BCUT2D eigenvalue weighted by Gasteiger charge is -2.11. The van der Waals surface area contributed by atoms with E-state index in [0.29, 0.717) is 18.7 Å². The fourth-order valence-corrected chi connectivity index (χ4v) is 2.07. The highest BCUT2D eigenvalue weighted by atomic mass is 19.1. The Morgan fingerprint density at radius 2 is 1.86 bits per heavy atom. The first-order chi connectivity index (χ1) is 10.1. The van der Waals surface area contributed by atoms with Crippen molar-refractivity contribution < 1.29 is 9.18 Å². The highest BCUT2D eigenvalue weighted by molar-refractivity contribution is 5.94. The van der Waals surface area contributed by atoms with Crippen LogP contribution in [0, 0.1) is 12.7 Å². The van der Waals surface area contributed by atoms with Crippen LogP contribution in [0.25, 0.3) is 0 Å². The van der Waals surface area contributed by atoms with Crippen LogP contribution in [0.2, 0.25) is 0 Å². The lowest BCUT2D eigenvalue weighted by Crippen LogP contribution is -2.22. The molecule has 0 aliphatic heterocycles. The molecule has 0 aliphatic rings. The van der Waals surface area contributed by atoms with Crippen LogP contribution in [0.5, 0.6) is 0 Å². The third kappa shape index (κ3) is 4.05. The van der Waals surface area contributed by atoms with E-state index in [1.165, 1.54) is 12.1 Å². The van der Waals surface area contributed by atoms with Crippen molar-refractivity contribution in [3.63, 3.8) is 0 Å². The molecule has 2 rings (SSSR count). The van der Waals surface area contributed by atoms with Crippen LogP contribution in [0.1, 0.15) is 28.4 Å². The summed E-state index contributed by atoms with van der Waals surface area (Å²) in [6, 6.07) is 11.9. The number of nitrogens with one attached hydrogen (secondary N) is 2. The quantitative estimate of drug-likeness (QED) is 0.883. The summed E-state index contributed by atoms with van der Waals surface area (Å²) >= 11 is 0. The van der Waals surface area contributed by atoms with Gasteiger partial charge >= 0.3 is 0 Å². The molecule has 0 heterocycles. The summed E-state index contributed by atoms with van der Waals surface area (Å²) in [5.41, 5.74) is 3.62. The minimum atomic E-state index is -0.235. The second-order valence-corrected chi connectivity index (χ2v) is 4.87. The Labute approximate surface area is 124 Å². The molecule has 0 aromatic heterocycles. The summed E-state index contributed by atoms with van der Waals surface area (Å²) < 4.78 is 12.8. The number of aryl methyl sites for hydroxylation is 1. The van der Waals surface area contributed by atoms with Gasteiger partial charge in [0.25, 0.3) is 5.91 Å². The molecular weight excluding hydrogens is 267 g/mol. The average Bonchev–Trinajstić information content (AvgIpc) is 2.48. The molecule has 0 bridgehead atoms. The molecule has 0 atom stereocenters. The molecule has 1 amide bonds. The Kier molecular flexibility index (Phi) is 4.93. The topological polar surface area (TPSA) is 41.1 Å². The second-order valence-electron chi connectivity index (χ2n) is 4.87. The number of amides is 1. The molecule has 21 heavy (non-hydrogen) atoms. The van der Waals surface area contributed by atoms with E-state index in [0.717, 1.165) is 16.8 Å². The van der Waals surface area contributed by atoms with Gasteiger partial charge in [0.05, 0.1) is 0 Å². The van der Waals surface area contributed by atoms with Crippen molar-refractivity contribution in [2.45, 2.75) is 20.4 Å². The molecule has 110 valence electrons.